The van der Waals surface area contributed by atoms with Crippen LogP contribution < -0.4 is 16.0 Å². The predicted octanol–water partition coefficient (Wildman–Crippen LogP) is -0.355. The predicted molar refractivity (Wildman–Crippen MR) is 75.2 cm³/mol. The van der Waals surface area contributed by atoms with Gasteiger partial charge in [-0.2, -0.15) is 0 Å². The van der Waals surface area contributed by atoms with Crippen LogP contribution in [-0.2, 0) is 14.3 Å². The molecule has 0 unspecified atom stereocenters. The fourth-order valence-corrected chi connectivity index (χ4v) is 2.66. The molecule has 0 spiro atoms. The molecule has 1 heterocycles. The van der Waals surface area contributed by atoms with Crippen molar-refractivity contribution in [3.05, 3.63) is 0 Å². The number of hydrogen-bond acceptors (Lipinski definition) is 4. The average Bonchev–Trinajstić information content (AvgIpc) is 3.29. The molecule has 1 aliphatic carbocycles. The summed E-state index contributed by atoms with van der Waals surface area (Å²) in [5.41, 5.74) is -0.416. The molecule has 2 fully saturated rings. The van der Waals surface area contributed by atoms with Gasteiger partial charge in [0.25, 0.3) is 0 Å². The van der Waals surface area contributed by atoms with Gasteiger partial charge in [0.15, 0.2) is 0 Å². The second-order valence-electron chi connectivity index (χ2n) is 5.78. The Bertz CT molecular complexity index is 344. The Kier molecular flexibility index (Phi) is 5.37. The van der Waals surface area contributed by atoms with E-state index in [1.165, 1.54) is 0 Å². The lowest BCUT2D eigenvalue weighted by Gasteiger charge is -2.35. The molecule has 0 aromatic carbocycles. The van der Waals surface area contributed by atoms with Gasteiger partial charge in [-0.1, -0.05) is 0 Å². The molecule has 2 rings (SSSR count). The number of hydrogen-bond donors (Lipinski definition) is 3. The first kappa shape index (κ1) is 15.3. The summed E-state index contributed by atoms with van der Waals surface area (Å²) in [4.78, 5) is 23.8. The Balaban J connectivity index is 1.72. The van der Waals surface area contributed by atoms with Gasteiger partial charge in [-0.25, -0.2) is 0 Å². The van der Waals surface area contributed by atoms with Gasteiger partial charge in [0.05, 0.1) is 12.0 Å². The molecule has 0 radical (unpaired) electrons. The van der Waals surface area contributed by atoms with Crippen LogP contribution in [0.3, 0.4) is 0 Å². The van der Waals surface area contributed by atoms with Crippen LogP contribution in [0.4, 0.5) is 0 Å². The lowest BCUT2D eigenvalue weighted by molar-refractivity contribution is -0.136. The number of methoxy groups -OCH3 is 1. The number of amides is 2. The molecule has 6 heteroatoms. The first-order chi connectivity index (χ1) is 9.68. The van der Waals surface area contributed by atoms with Crippen LogP contribution in [0.15, 0.2) is 0 Å². The van der Waals surface area contributed by atoms with E-state index in [1.807, 2.05) is 0 Å². The molecule has 0 aromatic rings. The molecule has 3 N–H and O–H groups in total. The summed E-state index contributed by atoms with van der Waals surface area (Å²) < 4.78 is 5.23. The number of nitrogens with one attached hydrogen (secondary N) is 3. The molecule has 1 saturated heterocycles. The molecule has 2 amide bonds. The highest BCUT2D eigenvalue weighted by Gasteiger charge is 2.39. The fraction of sp³-hybridized carbons (Fsp3) is 0.857. The monoisotopic (exact) mass is 283 g/mol. The third-order valence-electron chi connectivity index (χ3n) is 4.12. The maximum Gasteiger partial charge on any atom is 0.228 e. The standard InChI is InChI=1S/C14H25N3O3/c1-20-10-14(4-6-15-7-5-14)13(19)17-9-8-16-12(18)11-2-3-11/h11,15H,2-10H2,1H3,(H,16,18)(H,17,19). The molecule has 1 aliphatic heterocycles. The molecule has 114 valence electrons. The van der Waals surface area contributed by atoms with Crippen molar-refractivity contribution in [2.24, 2.45) is 11.3 Å². The lowest BCUT2D eigenvalue weighted by atomic mass is 9.78. The average molecular weight is 283 g/mol. The van der Waals surface area contributed by atoms with Gasteiger partial charge >= 0.3 is 0 Å². The van der Waals surface area contributed by atoms with E-state index >= 15 is 0 Å². The summed E-state index contributed by atoms with van der Waals surface area (Å²) in [5.74, 6) is 0.379. The number of rotatable bonds is 7. The summed E-state index contributed by atoms with van der Waals surface area (Å²) in [5, 5.41) is 9.04. The van der Waals surface area contributed by atoms with E-state index in [-0.39, 0.29) is 17.7 Å². The molecule has 0 bridgehead atoms. The summed E-state index contributed by atoms with van der Waals surface area (Å²) in [6.07, 6.45) is 3.59. The smallest absolute Gasteiger partial charge is 0.228 e. The van der Waals surface area contributed by atoms with Gasteiger partial charge in [0, 0.05) is 26.1 Å². The summed E-state index contributed by atoms with van der Waals surface area (Å²) in [6, 6.07) is 0. The summed E-state index contributed by atoms with van der Waals surface area (Å²) in [6.45, 7) is 3.12. The molecule has 0 atom stereocenters. The number of ether oxygens (including phenoxy) is 1. The van der Waals surface area contributed by atoms with Crippen LogP contribution >= 0.6 is 0 Å². The van der Waals surface area contributed by atoms with Crippen molar-refractivity contribution in [2.45, 2.75) is 25.7 Å². The lowest BCUT2D eigenvalue weighted by Crippen LogP contribution is -2.51. The Labute approximate surface area is 120 Å². The number of carbonyl (C=O) groups is 2. The summed E-state index contributed by atoms with van der Waals surface area (Å²) >= 11 is 0. The third kappa shape index (κ3) is 3.93. The van der Waals surface area contributed by atoms with E-state index in [0.717, 1.165) is 38.8 Å². The molecule has 1 saturated carbocycles. The minimum absolute atomic E-state index is 0.0431. The topological polar surface area (TPSA) is 79.5 Å². The van der Waals surface area contributed by atoms with Crippen molar-refractivity contribution >= 4 is 11.8 Å². The summed E-state index contributed by atoms with van der Waals surface area (Å²) in [7, 11) is 1.63. The van der Waals surface area contributed by atoms with E-state index in [9.17, 15) is 9.59 Å². The van der Waals surface area contributed by atoms with Crippen molar-refractivity contribution in [2.75, 3.05) is 39.9 Å². The van der Waals surface area contributed by atoms with E-state index in [0.29, 0.717) is 19.7 Å². The number of piperidine rings is 1. The zero-order valence-electron chi connectivity index (χ0n) is 12.2. The van der Waals surface area contributed by atoms with Crippen molar-refractivity contribution in [3.8, 4) is 0 Å². The van der Waals surface area contributed by atoms with Crippen LogP contribution in [0, 0.1) is 11.3 Å². The largest absolute Gasteiger partial charge is 0.384 e. The molecule has 6 nitrogen and oxygen atoms in total. The molecule has 0 aromatic heterocycles. The van der Waals surface area contributed by atoms with Gasteiger partial charge in [-0.05, 0) is 38.8 Å². The molecule has 20 heavy (non-hydrogen) atoms. The van der Waals surface area contributed by atoms with E-state index in [1.54, 1.807) is 7.11 Å². The van der Waals surface area contributed by atoms with Crippen LogP contribution in [0.25, 0.3) is 0 Å². The van der Waals surface area contributed by atoms with E-state index < -0.39 is 5.41 Å². The van der Waals surface area contributed by atoms with Crippen LogP contribution in [0.1, 0.15) is 25.7 Å². The van der Waals surface area contributed by atoms with Gasteiger partial charge in [0.1, 0.15) is 0 Å². The highest BCUT2D eigenvalue weighted by Crippen LogP contribution is 2.29. The molecule has 2 aliphatic rings. The maximum atomic E-state index is 12.4. The van der Waals surface area contributed by atoms with E-state index in [2.05, 4.69) is 16.0 Å². The van der Waals surface area contributed by atoms with Crippen LogP contribution in [0.5, 0.6) is 0 Å². The van der Waals surface area contributed by atoms with Crippen LogP contribution in [-0.4, -0.2) is 51.7 Å². The zero-order chi connectivity index (χ0) is 14.4. The molecular formula is C14H25N3O3. The minimum Gasteiger partial charge on any atom is -0.384 e. The fourth-order valence-electron chi connectivity index (χ4n) is 2.66. The Morgan fingerprint density at radius 1 is 1.20 bits per heavy atom. The second kappa shape index (κ2) is 7.04. The Hall–Kier alpha value is -1.14. The van der Waals surface area contributed by atoms with E-state index in [4.69, 9.17) is 4.74 Å². The molecular weight excluding hydrogens is 258 g/mol. The van der Waals surface area contributed by atoms with Gasteiger partial charge in [0.2, 0.25) is 11.8 Å². The van der Waals surface area contributed by atoms with Gasteiger partial charge in [-0.15, -0.1) is 0 Å². The first-order valence-corrected chi connectivity index (χ1v) is 7.44. The van der Waals surface area contributed by atoms with Gasteiger partial charge < -0.3 is 20.7 Å². The second-order valence-corrected chi connectivity index (χ2v) is 5.78. The van der Waals surface area contributed by atoms with Crippen molar-refractivity contribution in [1.29, 1.82) is 0 Å². The Morgan fingerprint density at radius 3 is 2.45 bits per heavy atom. The highest BCUT2D eigenvalue weighted by atomic mass is 16.5. The minimum atomic E-state index is -0.416. The van der Waals surface area contributed by atoms with Gasteiger partial charge in [-0.3, -0.25) is 9.59 Å². The van der Waals surface area contributed by atoms with Crippen molar-refractivity contribution in [3.63, 3.8) is 0 Å². The SMILES string of the molecule is COCC1(C(=O)NCCNC(=O)C2CC2)CCNCC1. The van der Waals surface area contributed by atoms with Crippen LogP contribution in [0.2, 0.25) is 0 Å². The number of carbonyl (C=O) groups excluding carboxylic acids is 2. The zero-order valence-corrected chi connectivity index (χ0v) is 12.2. The van der Waals surface area contributed by atoms with Crippen molar-refractivity contribution in [1.82, 2.24) is 16.0 Å². The highest BCUT2D eigenvalue weighted by molar-refractivity contribution is 5.83. The quantitative estimate of drug-likeness (QED) is 0.558. The first-order valence-electron chi connectivity index (χ1n) is 7.44. The normalized spacial score (nSPS) is 21.2. The van der Waals surface area contributed by atoms with Crippen molar-refractivity contribution < 1.29 is 14.3 Å². The maximum absolute atomic E-state index is 12.4. The Morgan fingerprint density at radius 2 is 1.85 bits per heavy atom. The third-order valence-corrected chi connectivity index (χ3v) is 4.12.